The predicted octanol–water partition coefficient (Wildman–Crippen LogP) is 9.26. The van der Waals surface area contributed by atoms with E-state index in [1.54, 1.807) is 47.9 Å². The number of thiophene rings is 3. The van der Waals surface area contributed by atoms with E-state index in [1.165, 1.54) is 0 Å². The predicted molar refractivity (Wildman–Crippen MR) is 126 cm³/mol. The Kier molecular flexibility index (Phi) is 5.52. The zero-order valence-corrected chi connectivity index (χ0v) is 20.1. The lowest BCUT2D eigenvalue weighted by molar-refractivity contribution is -0.144. The van der Waals surface area contributed by atoms with Crippen molar-refractivity contribution in [1.29, 1.82) is 0 Å². The molecular formula is C22H20F6N2S3. The second kappa shape index (κ2) is 7.91. The van der Waals surface area contributed by atoms with E-state index in [-0.39, 0.29) is 13.1 Å². The van der Waals surface area contributed by atoms with Crippen molar-refractivity contribution in [3.8, 4) is 0 Å². The minimum absolute atomic E-state index is 0.193. The van der Waals surface area contributed by atoms with Crippen LogP contribution in [0.3, 0.4) is 0 Å². The van der Waals surface area contributed by atoms with Gasteiger partial charge in [0.05, 0.1) is 40.9 Å². The van der Waals surface area contributed by atoms with Gasteiger partial charge in [-0.3, -0.25) is 0 Å². The Morgan fingerprint density at radius 3 is 1.45 bits per heavy atom. The second-order valence-electron chi connectivity index (χ2n) is 8.80. The Balaban J connectivity index is 1.71. The summed E-state index contributed by atoms with van der Waals surface area (Å²) in [5, 5.41) is 3.86. The highest BCUT2D eigenvalue weighted by molar-refractivity contribution is 7.33. The van der Waals surface area contributed by atoms with Crippen molar-refractivity contribution >= 4 is 74.9 Å². The fraction of sp³-hybridized carbons (Fsp3) is 0.455. The summed E-state index contributed by atoms with van der Waals surface area (Å²) in [4.78, 5) is 0. The topological polar surface area (TPSA) is 9.86 Å². The van der Waals surface area contributed by atoms with E-state index in [0.29, 0.717) is 0 Å². The first kappa shape index (κ1) is 23.0. The molecule has 0 bridgehead atoms. The zero-order chi connectivity index (χ0) is 23.7. The molecule has 0 aliphatic rings. The first-order valence-electron chi connectivity index (χ1n) is 10.4. The van der Waals surface area contributed by atoms with E-state index in [0.717, 1.165) is 40.9 Å². The van der Waals surface area contributed by atoms with Gasteiger partial charge in [0.1, 0.15) is 0 Å². The Morgan fingerprint density at radius 2 is 1.09 bits per heavy atom. The van der Waals surface area contributed by atoms with Gasteiger partial charge in [-0.2, -0.15) is 26.3 Å². The van der Waals surface area contributed by atoms with Crippen LogP contribution >= 0.6 is 34.0 Å². The molecule has 5 aromatic rings. The van der Waals surface area contributed by atoms with E-state index >= 15 is 0 Å². The number of hydrogen-bond donors (Lipinski definition) is 0. The first-order valence-corrected chi connectivity index (χ1v) is 13.0. The van der Waals surface area contributed by atoms with Gasteiger partial charge >= 0.3 is 12.4 Å². The standard InChI is InChI=1S/C22H20F6N2S3/c1-11(7-21(23,24)25)9-29-13-3-5-31-17(13)19-15(29)16-20(33-19)18-14(4-6-32-18)30(16)10-12(2)8-22(26,27)28/h3-6,11-12H,7-10H2,1-2H3. The van der Waals surface area contributed by atoms with Crippen molar-refractivity contribution in [1.82, 2.24) is 9.13 Å². The maximum atomic E-state index is 13.0. The van der Waals surface area contributed by atoms with Crippen LogP contribution in [-0.2, 0) is 13.1 Å². The van der Waals surface area contributed by atoms with Gasteiger partial charge < -0.3 is 9.13 Å². The van der Waals surface area contributed by atoms with Gasteiger partial charge in [-0.05, 0) is 34.7 Å². The van der Waals surface area contributed by atoms with Crippen LogP contribution in [0.5, 0.6) is 0 Å². The van der Waals surface area contributed by atoms with Gasteiger partial charge in [-0.15, -0.1) is 34.0 Å². The van der Waals surface area contributed by atoms with Crippen molar-refractivity contribution in [2.24, 2.45) is 11.8 Å². The van der Waals surface area contributed by atoms with Crippen molar-refractivity contribution < 1.29 is 26.3 Å². The summed E-state index contributed by atoms with van der Waals surface area (Å²) in [5.41, 5.74) is 3.45. The molecule has 178 valence electrons. The largest absolute Gasteiger partial charge is 0.389 e. The van der Waals surface area contributed by atoms with Gasteiger partial charge in [0, 0.05) is 25.9 Å². The normalized spacial score (nSPS) is 15.5. The Labute approximate surface area is 197 Å². The number of halogens is 6. The minimum atomic E-state index is -4.25. The van der Waals surface area contributed by atoms with Crippen LogP contribution in [0.2, 0.25) is 0 Å². The molecule has 2 atom stereocenters. The second-order valence-corrected chi connectivity index (χ2v) is 11.7. The van der Waals surface area contributed by atoms with Crippen molar-refractivity contribution in [3.05, 3.63) is 22.9 Å². The molecule has 0 amide bonds. The maximum Gasteiger partial charge on any atom is 0.389 e. The Morgan fingerprint density at radius 1 is 0.697 bits per heavy atom. The average molecular weight is 523 g/mol. The van der Waals surface area contributed by atoms with Crippen LogP contribution in [0.25, 0.3) is 40.9 Å². The molecule has 0 spiro atoms. The lowest BCUT2D eigenvalue weighted by atomic mass is 10.1. The van der Waals surface area contributed by atoms with Crippen LogP contribution < -0.4 is 0 Å². The van der Waals surface area contributed by atoms with E-state index < -0.39 is 37.0 Å². The van der Waals surface area contributed by atoms with Gasteiger partial charge in [-0.25, -0.2) is 0 Å². The van der Waals surface area contributed by atoms with Crippen LogP contribution in [0, 0.1) is 11.8 Å². The lowest BCUT2D eigenvalue weighted by Crippen LogP contribution is -2.18. The first-order chi connectivity index (χ1) is 15.4. The third-order valence-electron chi connectivity index (χ3n) is 5.83. The van der Waals surface area contributed by atoms with Gasteiger partial charge in [0.25, 0.3) is 0 Å². The maximum absolute atomic E-state index is 13.0. The smallest absolute Gasteiger partial charge is 0.337 e. The van der Waals surface area contributed by atoms with Crippen LogP contribution in [0.15, 0.2) is 22.9 Å². The fourth-order valence-electron chi connectivity index (χ4n) is 4.76. The highest BCUT2D eigenvalue weighted by atomic mass is 32.1. The average Bonchev–Trinajstić information content (AvgIpc) is 3.41. The number of rotatable bonds is 6. The molecule has 2 unspecified atom stereocenters. The van der Waals surface area contributed by atoms with Crippen LogP contribution in [0.1, 0.15) is 26.7 Å². The molecule has 0 saturated carbocycles. The van der Waals surface area contributed by atoms with E-state index in [4.69, 9.17) is 0 Å². The summed E-state index contributed by atoms with van der Waals surface area (Å²) >= 11 is 4.68. The SMILES string of the molecule is CC(Cn1c2ccsc2c2sc3c4sccc4n(CC(C)CC(F)(F)F)c3c21)CC(F)(F)F. The molecule has 0 aliphatic heterocycles. The highest BCUT2D eigenvalue weighted by Crippen LogP contribution is 2.48. The molecule has 2 nitrogen and oxygen atoms in total. The number of fused-ring (bicyclic) bond motifs is 7. The third-order valence-corrected chi connectivity index (χ3v) is 9.13. The fourth-order valence-corrected chi connectivity index (χ4v) is 8.17. The summed E-state index contributed by atoms with van der Waals surface area (Å²) in [5.74, 6) is -1.26. The third kappa shape index (κ3) is 4.16. The number of aromatic nitrogens is 2. The van der Waals surface area contributed by atoms with E-state index in [2.05, 4.69) is 0 Å². The Bertz CT molecular complexity index is 1330. The molecule has 5 rings (SSSR count). The minimum Gasteiger partial charge on any atom is -0.337 e. The van der Waals surface area contributed by atoms with Gasteiger partial charge in [0.2, 0.25) is 0 Å². The molecule has 0 fully saturated rings. The lowest BCUT2D eigenvalue weighted by Gasteiger charge is -2.18. The van der Waals surface area contributed by atoms with Crippen molar-refractivity contribution in [2.45, 2.75) is 52.1 Å². The summed E-state index contributed by atoms with van der Waals surface area (Å²) < 4.78 is 86.1. The van der Waals surface area contributed by atoms with E-state index in [1.807, 2.05) is 32.0 Å². The highest BCUT2D eigenvalue weighted by Gasteiger charge is 2.33. The molecule has 33 heavy (non-hydrogen) atoms. The van der Waals surface area contributed by atoms with Crippen molar-refractivity contribution in [2.75, 3.05) is 0 Å². The number of nitrogens with zero attached hydrogens (tertiary/aromatic N) is 2. The molecule has 0 aromatic carbocycles. The Hall–Kier alpha value is -1.72. The molecule has 11 heteroatoms. The molecule has 0 aliphatic carbocycles. The summed E-state index contributed by atoms with van der Waals surface area (Å²) in [7, 11) is 0. The molecular weight excluding hydrogens is 502 g/mol. The summed E-state index contributed by atoms with van der Waals surface area (Å²) in [6, 6.07) is 3.83. The quantitative estimate of drug-likeness (QED) is 0.197. The molecule has 0 radical (unpaired) electrons. The zero-order valence-electron chi connectivity index (χ0n) is 17.7. The molecule has 5 aromatic heterocycles. The molecule has 5 heterocycles. The van der Waals surface area contributed by atoms with E-state index in [9.17, 15) is 26.3 Å². The summed E-state index contributed by atoms with van der Waals surface area (Å²) in [6.45, 7) is 3.56. The summed E-state index contributed by atoms with van der Waals surface area (Å²) in [6.07, 6.45) is -10.3. The van der Waals surface area contributed by atoms with Gasteiger partial charge in [0.15, 0.2) is 0 Å². The monoisotopic (exact) mass is 522 g/mol. The van der Waals surface area contributed by atoms with Crippen LogP contribution in [0.4, 0.5) is 26.3 Å². The van der Waals surface area contributed by atoms with Gasteiger partial charge in [-0.1, -0.05) is 13.8 Å². The van der Waals surface area contributed by atoms with Crippen molar-refractivity contribution in [3.63, 3.8) is 0 Å². The number of alkyl halides is 6. The van der Waals surface area contributed by atoms with Crippen LogP contribution in [-0.4, -0.2) is 21.5 Å². The number of hydrogen-bond acceptors (Lipinski definition) is 3. The molecule has 0 saturated heterocycles. The molecule has 0 N–H and O–H groups in total.